The monoisotopic (exact) mass is 473 g/mol. The van der Waals surface area contributed by atoms with Crippen molar-refractivity contribution in [2.24, 2.45) is 0 Å². The lowest BCUT2D eigenvalue weighted by molar-refractivity contribution is -0.0523. The summed E-state index contributed by atoms with van der Waals surface area (Å²) in [4.78, 5) is 11.4. The molecule has 1 aromatic heterocycles. The highest BCUT2D eigenvalue weighted by Gasteiger charge is 2.41. The summed E-state index contributed by atoms with van der Waals surface area (Å²) >= 11 is 0. The zero-order valence-corrected chi connectivity index (χ0v) is 19.9. The Morgan fingerprint density at radius 1 is 1.11 bits per heavy atom. The highest BCUT2D eigenvalue weighted by atomic mass is 19.1. The number of anilines is 1. The first-order valence-electron chi connectivity index (χ1n) is 11.5. The number of hydrogen-bond acceptors (Lipinski definition) is 4. The largest absolute Gasteiger partial charge is 0.478 e. The second-order valence-electron chi connectivity index (χ2n) is 8.61. The van der Waals surface area contributed by atoms with Gasteiger partial charge in [0.05, 0.1) is 29.7 Å². The maximum Gasteiger partial charge on any atom is 0.335 e. The van der Waals surface area contributed by atoms with Gasteiger partial charge in [-0.05, 0) is 61.0 Å². The third-order valence-electron chi connectivity index (χ3n) is 6.25. The predicted octanol–water partition coefficient (Wildman–Crippen LogP) is 6.03. The van der Waals surface area contributed by atoms with Crippen LogP contribution in [-0.4, -0.2) is 35.1 Å². The standard InChI is InChI=1S/C26H22FN3O3.C2H6/c1-26(13-33-14-26)24-23(15-2-4-16(5-3-15)25(31)32)20-11-21(29)17(12-28)10-22(20)30(24)19-8-6-18(27)7-9-19;1-2/h2-12,28H,13-14,29H2,1H3,(H,31,32);1-2H3. The number of nitrogens with one attached hydrogen (secondary N) is 1. The molecule has 0 spiro atoms. The van der Waals surface area contributed by atoms with Gasteiger partial charge in [0.1, 0.15) is 5.82 Å². The first kappa shape index (κ1) is 24.2. The zero-order valence-electron chi connectivity index (χ0n) is 19.9. The first-order chi connectivity index (χ1) is 16.8. The Morgan fingerprint density at radius 3 is 2.26 bits per heavy atom. The lowest BCUT2D eigenvalue weighted by Gasteiger charge is -2.40. The summed E-state index contributed by atoms with van der Waals surface area (Å²) in [6.45, 7) is 7.13. The van der Waals surface area contributed by atoms with E-state index in [4.69, 9.17) is 15.9 Å². The van der Waals surface area contributed by atoms with E-state index in [1.165, 1.54) is 18.3 Å². The molecule has 1 saturated heterocycles. The van der Waals surface area contributed by atoms with Gasteiger partial charge >= 0.3 is 5.97 Å². The van der Waals surface area contributed by atoms with Crippen LogP contribution in [0.1, 0.15) is 42.4 Å². The molecule has 0 amide bonds. The van der Waals surface area contributed by atoms with Gasteiger partial charge in [0, 0.05) is 39.8 Å². The molecule has 0 saturated carbocycles. The van der Waals surface area contributed by atoms with Crippen molar-refractivity contribution in [2.45, 2.75) is 26.2 Å². The number of nitrogens with zero attached hydrogens (tertiary/aromatic N) is 1. The Kier molecular flexibility index (Phi) is 6.45. The minimum atomic E-state index is -0.991. The van der Waals surface area contributed by atoms with Gasteiger partial charge in [0.15, 0.2) is 0 Å². The van der Waals surface area contributed by atoms with Crippen molar-refractivity contribution in [1.29, 1.82) is 5.41 Å². The van der Waals surface area contributed by atoms with Crippen LogP contribution in [0.5, 0.6) is 0 Å². The maximum absolute atomic E-state index is 13.7. The van der Waals surface area contributed by atoms with Crippen LogP contribution in [0.15, 0.2) is 60.7 Å². The zero-order chi connectivity index (χ0) is 25.3. The van der Waals surface area contributed by atoms with Crippen LogP contribution in [0.4, 0.5) is 10.1 Å². The van der Waals surface area contributed by atoms with Crippen molar-refractivity contribution >= 4 is 28.8 Å². The minimum Gasteiger partial charge on any atom is -0.478 e. The molecule has 7 heteroatoms. The molecule has 4 aromatic rings. The number of aromatic nitrogens is 1. The van der Waals surface area contributed by atoms with E-state index in [-0.39, 0.29) is 16.8 Å². The van der Waals surface area contributed by atoms with Crippen molar-refractivity contribution in [1.82, 2.24) is 4.57 Å². The van der Waals surface area contributed by atoms with Crippen LogP contribution in [0.2, 0.25) is 0 Å². The highest BCUT2D eigenvalue weighted by Crippen LogP contribution is 2.46. The van der Waals surface area contributed by atoms with E-state index in [0.29, 0.717) is 24.5 Å². The summed E-state index contributed by atoms with van der Waals surface area (Å²) in [5, 5.41) is 18.0. The normalized spacial score (nSPS) is 14.1. The predicted molar refractivity (Wildman–Crippen MR) is 137 cm³/mol. The molecule has 0 aliphatic carbocycles. The molecular formula is C28H28FN3O3. The molecule has 0 atom stereocenters. The van der Waals surface area contributed by atoms with Gasteiger partial charge in [-0.3, -0.25) is 0 Å². The number of aromatic carboxylic acids is 1. The van der Waals surface area contributed by atoms with Gasteiger partial charge in [-0.1, -0.05) is 26.0 Å². The quantitative estimate of drug-likeness (QED) is 0.243. The van der Waals surface area contributed by atoms with E-state index in [1.54, 1.807) is 36.4 Å². The minimum absolute atomic E-state index is 0.200. The fourth-order valence-corrected chi connectivity index (χ4v) is 4.54. The summed E-state index contributed by atoms with van der Waals surface area (Å²) in [6, 6.07) is 16.7. The molecule has 0 unspecified atom stereocenters. The van der Waals surface area contributed by atoms with Crippen molar-refractivity contribution in [3.63, 3.8) is 0 Å². The number of benzene rings is 3. The SMILES string of the molecule is CC.CC1(c2c(-c3ccc(C(=O)O)cc3)c3cc(N)c(C=N)cc3n2-c2ccc(F)cc2)COC1. The second-order valence-corrected chi connectivity index (χ2v) is 8.61. The number of nitrogen functional groups attached to an aromatic ring is 1. The number of carboxylic acid groups (broad SMARTS) is 1. The molecule has 3 aromatic carbocycles. The summed E-state index contributed by atoms with van der Waals surface area (Å²) in [5.74, 6) is -1.32. The van der Waals surface area contributed by atoms with Gasteiger partial charge in [-0.15, -0.1) is 0 Å². The van der Waals surface area contributed by atoms with E-state index in [1.807, 2.05) is 26.0 Å². The molecule has 5 rings (SSSR count). The fourth-order valence-electron chi connectivity index (χ4n) is 4.54. The van der Waals surface area contributed by atoms with Gasteiger partial charge < -0.3 is 25.6 Å². The topological polar surface area (TPSA) is 101 Å². The smallest absolute Gasteiger partial charge is 0.335 e. The third kappa shape index (κ3) is 4.08. The van der Waals surface area contributed by atoms with Crippen LogP contribution in [-0.2, 0) is 10.2 Å². The number of hydrogen-bond donors (Lipinski definition) is 3. The molecule has 0 bridgehead atoms. The van der Waals surface area contributed by atoms with Crippen LogP contribution in [0.25, 0.3) is 27.7 Å². The number of ether oxygens (including phenoxy) is 1. The Bertz CT molecular complexity index is 1400. The lowest BCUT2D eigenvalue weighted by atomic mass is 9.80. The van der Waals surface area contributed by atoms with E-state index in [0.717, 1.165) is 33.4 Å². The number of rotatable bonds is 5. The maximum atomic E-state index is 13.7. The van der Waals surface area contributed by atoms with Crippen LogP contribution in [0, 0.1) is 11.2 Å². The van der Waals surface area contributed by atoms with Gasteiger partial charge in [-0.25, -0.2) is 9.18 Å². The average molecular weight is 474 g/mol. The molecule has 1 fully saturated rings. The van der Waals surface area contributed by atoms with Crippen molar-refractivity contribution in [3.8, 4) is 16.8 Å². The molecule has 2 heterocycles. The molecule has 0 radical (unpaired) electrons. The Balaban J connectivity index is 0.00000141. The van der Waals surface area contributed by atoms with E-state index in [2.05, 4.69) is 11.5 Å². The molecule has 180 valence electrons. The van der Waals surface area contributed by atoms with Crippen LogP contribution >= 0.6 is 0 Å². The van der Waals surface area contributed by atoms with Crippen LogP contribution in [0.3, 0.4) is 0 Å². The molecule has 1 aliphatic rings. The molecular weight excluding hydrogens is 445 g/mol. The molecule has 4 N–H and O–H groups in total. The van der Waals surface area contributed by atoms with E-state index >= 15 is 0 Å². The van der Waals surface area contributed by atoms with Crippen LogP contribution < -0.4 is 5.73 Å². The molecule has 1 aliphatic heterocycles. The van der Waals surface area contributed by atoms with Gasteiger partial charge in [0.2, 0.25) is 0 Å². The summed E-state index contributed by atoms with van der Waals surface area (Å²) < 4.78 is 21.4. The van der Waals surface area contributed by atoms with E-state index < -0.39 is 5.97 Å². The molecule has 35 heavy (non-hydrogen) atoms. The van der Waals surface area contributed by atoms with Gasteiger partial charge in [0.25, 0.3) is 0 Å². The average Bonchev–Trinajstić information content (AvgIpc) is 3.17. The highest BCUT2D eigenvalue weighted by molar-refractivity contribution is 6.05. The number of carboxylic acids is 1. The number of carbonyl (C=O) groups is 1. The number of fused-ring (bicyclic) bond motifs is 1. The number of halogens is 1. The lowest BCUT2D eigenvalue weighted by Crippen LogP contribution is -2.45. The first-order valence-corrected chi connectivity index (χ1v) is 11.5. The summed E-state index contributed by atoms with van der Waals surface area (Å²) in [5.41, 5.74) is 11.5. The van der Waals surface area contributed by atoms with Crippen molar-refractivity contribution in [3.05, 3.63) is 83.3 Å². The Morgan fingerprint density at radius 2 is 1.74 bits per heavy atom. The van der Waals surface area contributed by atoms with Crippen molar-refractivity contribution < 1.29 is 19.0 Å². The van der Waals surface area contributed by atoms with E-state index in [9.17, 15) is 14.3 Å². The second kappa shape index (κ2) is 9.35. The summed E-state index contributed by atoms with van der Waals surface area (Å²) in [7, 11) is 0. The van der Waals surface area contributed by atoms with Gasteiger partial charge in [-0.2, -0.15) is 0 Å². The Labute approximate surface area is 203 Å². The fraction of sp³-hybridized carbons (Fsp3) is 0.214. The van der Waals surface area contributed by atoms with Crippen molar-refractivity contribution in [2.75, 3.05) is 18.9 Å². The molecule has 6 nitrogen and oxygen atoms in total. The Hall–Kier alpha value is -3.97. The third-order valence-corrected chi connectivity index (χ3v) is 6.25. The number of nitrogens with two attached hydrogens (primary N) is 1. The summed E-state index contributed by atoms with van der Waals surface area (Å²) in [6.07, 6.45) is 1.21.